The number of para-hydroxylation sites is 2. The summed E-state index contributed by atoms with van der Waals surface area (Å²) < 4.78 is 5.08. The standard InChI is InChI=1S/C13H10O3.C10H12O2/c14-12-9-5-4-8-11(12)13(15)16-10-6-2-1-3-7-10;1-2-3-4-8-7-9(11)5-6-10(8)12/h1-9,14H;5-7H,2-4H2,1H3. The minimum Gasteiger partial charge on any atom is -0.507 e. The number of allylic oxidation sites excluding steroid dienone is 4. The molecule has 0 radical (unpaired) electrons. The van der Waals surface area contributed by atoms with E-state index >= 15 is 0 Å². The SMILES string of the molecule is CCCCC1=CC(=O)C=CC1=O.O=C(Oc1ccccc1)c1ccccc1O. The molecule has 0 heterocycles. The Morgan fingerprint density at radius 2 is 1.64 bits per heavy atom. The normalized spacial score (nSPS) is 12.7. The smallest absolute Gasteiger partial charge is 0.347 e. The van der Waals surface area contributed by atoms with Crippen LogP contribution in [0.5, 0.6) is 11.5 Å². The van der Waals surface area contributed by atoms with Crippen LogP contribution in [0.15, 0.2) is 78.4 Å². The monoisotopic (exact) mass is 378 g/mol. The molecule has 1 N–H and O–H groups in total. The zero-order valence-electron chi connectivity index (χ0n) is 15.6. The molecule has 0 aliphatic heterocycles. The molecule has 0 amide bonds. The summed E-state index contributed by atoms with van der Waals surface area (Å²) in [5.74, 6) is -0.271. The van der Waals surface area contributed by atoms with Gasteiger partial charge >= 0.3 is 5.97 Å². The van der Waals surface area contributed by atoms with Gasteiger partial charge < -0.3 is 9.84 Å². The molecule has 3 rings (SSSR count). The van der Waals surface area contributed by atoms with Crippen LogP contribution < -0.4 is 4.74 Å². The molecule has 1 aliphatic rings. The van der Waals surface area contributed by atoms with E-state index in [-0.39, 0.29) is 22.9 Å². The van der Waals surface area contributed by atoms with Gasteiger partial charge in [0, 0.05) is 5.57 Å². The molecule has 28 heavy (non-hydrogen) atoms. The van der Waals surface area contributed by atoms with Crippen molar-refractivity contribution in [2.24, 2.45) is 0 Å². The molecule has 1 aliphatic carbocycles. The minimum absolute atomic E-state index is 0.0111. The quantitative estimate of drug-likeness (QED) is 0.473. The number of ether oxygens (including phenoxy) is 1. The van der Waals surface area contributed by atoms with Gasteiger partial charge in [0.15, 0.2) is 11.6 Å². The summed E-state index contributed by atoms with van der Waals surface area (Å²) in [4.78, 5) is 33.7. The fourth-order valence-electron chi connectivity index (χ4n) is 2.42. The molecule has 0 saturated heterocycles. The summed E-state index contributed by atoms with van der Waals surface area (Å²) >= 11 is 0. The number of hydrogen-bond donors (Lipinski definition) is 1. The second-order valence-corrected chi connectivity index (χ2v) is 6.09. The fraction of sp³-hybridized carbons (Fsp3) is 0.174. The number of aromatic hydroxyl groups is 1. The Bertz CT molecular complexity index is 894. The highest BCUT2D eigenvalue weighted by Gasteiger charge is 2.12. The van der Waals surface area contributed by atoms with E-state index in [1.165, 1.54) is 30.4 Å². The number of rotatable bonds is 5. The number of phenolic OH excluding ortho intramolecular Hbond substituents is 1. The third-order valence-corrected chi connectivity index (χ3v) is 3.91. The van der Waals surface area contributed by atoms with Crippen LogP contribution in [0.4, 0.5) is 0 Å². The summed E-state index contributed by atoms with van der Waals surface area (Å²) in [5.41, 5.74) is 0.815. The lowest BCUT2D eigenvalue weighted by Crippen LogP contribution is -2.08. The molecule has 2 aromatic rings. The molecule has 2 aromatic carbocycles. The van der Waals surface area contributed by atoms with Crippen molar-refractivity contribution in [1.29, 1.82) is 0 Å². The molecular formula is C23H22O5. The lowest BCUT2D eigenvalue weighted by Gasteiger charge is -2.04. The van der Waals surface area contributed by atoms with Crippen molar-refractivity contribution in [2.45, 2.75) is 26.2 Å². The van der Waals surface area contributed by atoms with Crippen molar-refractivity contribution < 1.29 is 24.2 Å². The van der Waals surface area contributed by atoms with Crippen LogP contribution in [0.1, 0.15) is 36.5 Å². The molecule has 0 bridgehead atoms. The zero-order chi connectivity index (χ0) is 20.4. The van der Waals surface area contributed by atoms with Gasteiger partial charge in [0.05, 0.1) is 0 Å². The first-order valence-corrected chi connectivity index (χ1v) is 9.03. The predicted octanol–water partition coefficient (Wildman–Crippen LogP) is 4.42. The van der Waals surface area contributed by atoms with E-state index in [1.54, 1.807) is 36.4 Å². The van der Waals surface area contributed by atoms with Crippen molar-refractivity contribution in [3.8, 4) is 11.5 Å². The summed E-state index contributed by atoms with van der Waals surface area (Å²) in [6.45, 7) is 2.06. The van der Waals surface area contributed by atoms with E-state index in [0.29, 0.717) is 11.3 Å². The van der Waals surface area contributed by atoms with Crippen molar-refractivity contribution in [1.82, 2.24) is 0 Å². The van der Waals surface area contributed by atoms with Gasteiger partial charge in [-0.3, -0.25) is 9.59 Å². The van der Waals surface area contributed by atoms with Gasteiger partial charge in [-0.15, -0.1) is 0 Å². The number of benzene rings is 2. The highest BCUT2D eigenvalue weighted by Crippen LogP contribution is 2.18. The van der Waals surface area contributed by atoms with E-state index in [4.69, 9.17) is 4.74 Å². The topological polar surface area (TPSA) is 80.7 Å². The van der Waals surface area contributed by atoms with Crippen molar-refractivity contribution in [2.75, 3.05) is 0 Å². The molecule has 0 atom stereocenters. The first-order chi connectivity index (χ1) is 13.5. The molecule has 5 nitrogen and oxygen atoms in total. The van der Waals surface area contributed by atoms with Gasteiger partial charge in [0.1, 0.15) is 17.1 Å². The number of carbonyl (C=O) groups is 3. The first kappa shape index (κ1) is 20.8. The molecule has 5 heteroatoms. The van der Waals surface area contributed by atoms with Gasteiger partial charge in [-0.2, -0.15) is 0 Å². The van der Waals surface area contributed by atoms with Crippen LogP contribution in [-0.4, -0.2) is 22.6 Å². The zero-order valence-corrected chi connectivity index (χ0v) is 15.6. The van der Waals surface area contributed by atoms with Gasteiger partial charge in [-0.25, -0.2) is 4.79 Å². The summed E-state index contributed by atoms with van der Waals surface area (Å²) in [7, 11) is 0. The number of unbranched alkanes of at least 4 members (excludes halogenated alkanes) is 1. The third kappa shape index (κ3) is 6.36. The Balaban J connectivity index is 0.000000209. The average Bonchev–Trinajstić information content (AvgIpc) is 2.70. The maximum atomic E-state index is 11.7. The number of carbonyl (C=O) groups excluding carboxylic acids is 3. The molecular weight excluding hydrogens is 356 g/mol. The molecule has 144 valence electrons. The Kier molecular flexibility index (Phi) is 7.91. The molecule has 0 fully saturated rings. The Morgan fingerprint density at radius 1 is 0.964 bits per heavy atom. The molecule has 0 aromatic heterocycles. The van der Waals surface area contributed by atoms with E-state index in [1.807, 2.05) is 6.07 Å². The lowest BCUT2D eigenvalue weighted by atomic mass is 9.99. The van der Waals surface area contributed by atoms with Crippen molar-refractivity contribution >= 4 is 17.5 Å². The molecule has 0 saturated carbocycles. The van der Waals surface area contributed by atoms with Gasteiger partial charge in [-0.1, -0.05) is 43.7 Å². The highest BCUT2D eigenvalue weighted by molar-refractivity contribution is 6.17. The van der Waals surface area contributed by atoms with Crippen LogP contribution >= 0.6 is 0 Å². The van der Waals surface area contributed by atoms with E-state index in [9.17, 15) is 19.5 Å². The Hall–Kier alpha value is -3.47. The largest absolute Gasteiger partial charge is 0.507 e. The van der Waals surface area contributed by atoms with Crippen molar-refractivity contribution in [3.05, 3.63) is 84.0 Å². The van der Waals surface area contributed by atoms with Crippen LogP contribution in [0.25, 0.3) is 0 Å². The van der Waals surface area contributed by atoms with Crippen LogP contribution in [-0.2, 0) is 9.59 Å². The maximum Gasteiger partial charge on any atom is 0.347 e. The molecule has 0 spiro atoms. The number of ketones is 2. The van der Waals surface area contributed by atoms with Gasteiger partial charge in [0.2, 0.25) is 0 Å². The summed E-state index contributed by atoms with van der Waals surface area (Å²) in [5, 5.41) is 9.46. The van der Waals surface area contributed by atoms with Crippen molar-refractivity contribution in [3.63, 3.8) is 0 Å². The van der Waals surface area contributed by atoms with Crippen LogP contribution in [0, 0.1) is 0 Å². The van der Waals surface area contributed by atoms with Gasteiger partial charge in [0.25, 0.3) is 0 Å². The molecule has 0 unspecified atom stereocenters. The second kappa shape index (κ2) is 10.6. The highest BCUT2D eigenvalue weighted by atomic mass is 16.5. The third-order valence-electron chi connectivity index (χ3n) is 3.91. The number of hydrogen-bond acceptors (Lipinski definition) is 5. The first-order valence-electron chi connectivity index (χ1n) is 9.03. The van der Waals surface area contributed by atoms with Gasteiger partial charge in [-0.05, 0) is 55.3 Å². The van der Waals surface area contributed by atoms with E-state index < -0.39 is 5.97 Å². The lowest BCUT2D eigenvalue weighted by molar-refractivity contribution is -0.114. The van der Waals surface area contributed by atoms with E-state index in [2.05, 4.69) is 6.92 Å². The predicted molar refractivity (Wildman–Crippen MR) is 106 cm³/mol. The van der Waals surface area contributed by atoms with E-state index in [0.717, 1.165) is 19.3 Å². The Morgan fingerprint density at radius 3 is 2.32 bits per heavy atom. The number of esters is 1. The van der Waals surface area contributed by atoms with Crippen LogP contribution in [0.3, 0.4) is 0 Å². The minimum atomic E-state index is -0.565. The number of phenols is 1. The average molecular weight is 378 g/mol. The van der Waals surface area contributed by atoms with Crippen LogP contribution in [0.2, 0.25) is 0 Å². The maximum absolute atomic E-state index is 11.7. The fourth-order valence-corrected chi connectivity index (χ4v) is 2.42. The second-order valence-electron chi connectivity index (χ2n) is 6.09. The summed E-state index contributed by atoms with van der Waals surface area (Å²) in [6, 6.07) is 15.0. The Labute approximate surface area is 164 Å². The summed E-state index contributed by atoms with van der Waals surface area (Å²) in [6.07, 6.45) is 6.86.